The van der Waals surface area contributed by atoms with Gasteiger partial charge in [0.25, 0.3) is 0 Å². The molecule has 0 amide bonds. The van der Waals surface area contributed by atoms with Gasteiger partial charge in [0.05, 0.1) is 5.92 Å². The van der Waals surface area contributed by atoms with E-state index >= 15 is 0 Å². The van der Waals surface area contributed by atoms with Crippen molar-refractivity contribution in [3.8, 4) is 0 Å². The molecule has 0 aliphatic carbocycles. The molecule has 0 bridgehead atoms. The summed E-state index contributed by atoms with van der Waals surface area (Å²) in [6, 6.07) is 4.57. The van der Waals surface area contributed by atoms with Crippen molar-refractivity contribution in [1.29, 1.82) is 0 Å². The number of likely N-dealkylation sites (tertiary alicyclic amines) is 1. The number of rotatable bonds is 4. The Balaban J connectivity index is 1.87. The second-order valence-electron chi connectivity index (χ2n) is 6.07. The molecule has 0 aromatic heterocycles. The third-order valence-electron chi connectivity index (χ3n) is 4.59. The topological polar surface area (TPSA) is 40.5 Å². The normalized spacial score (nSPS) is 17.4. The minimum absolute atomic E-state index is 0.130. The van der Waals surface area contributed by atoms with Crippen LogP contribution in [-0.2, 0) is 11.2 Å². The Morgan fingerprint density at radius 2 is 1.75 bits per heavy atom. The zero-order chi connectivity index (χ0) is 14.7. The van der Waals surface area contributed by atoms with Crippen LogP contribution in [0, 0.1) is 26.7 Å². The molecule has 1 saturated heterocycles. The van der Waals surface area contributed by atoms with E-state index in [4.69, 9.17) is 5.11 Å². The van der Waals surface area contributed by atoms with Gasteiger partial charge >= 0.3 is 5.97 Å². The minimum atomic E-state index is -0.630. The molecule has 2 rings (SSSR count). The van der Waals surface area contributed by atoms with Gasteiger partial charge in [0.1, 0.15) is 0 Å². The highest BCUT2D eigenvalue weighted by Gasteiger charge is 2.24. The molecular weight excluding hydrogens is 250 g/mol. The molecule has 3 nitrogen and oxygen atoms in total. The van der Waals surface area contributed by atoms with E-state index in [9.17, 15) is 4.79 Å². The van der Waals surface area contributed by atoms with Gasteiger partial charge in [-0.2, -0.15) is 0 Å². The maximum atomic E-state index is 10.9. The lowest BCUT2D eigenvalue weighted by Crippen LogP contribution is -2.37. The van der Waals surface area contributed by atoms with E-state index in [0.717, 1.165) is 38.9 Å². The SMILES string of the molecule is Cc1cc(C)c(CCN2CCC(C(=O)O)CC2)cc1C. The van der Waals surface area contributed by atoms with E-state index in [0.29, 0.717) is 0 Å². The second-order valence-corrected chi connectivity index (χ2v) is 6.07. The number of carbonyl (C=O) groups is 1. The van der Waals surface area contributed by atoms with Gasteiger partial charge < -0.3 is 10.0 Å². The van der Waals surface area contributed by atoms with E-state index in [1.54, 1.807) is 0 Å². The predicted molar refractivity (Wildman–Crippen MR) is 81.2 cm³/mol. The lowest BCUT2D eigenvalue weighted by Gasteiger charge is -2.30. The number of carboxylic acids is 1. The summed E-state index contributed by atoms with van der Waals surface area (Å²) in [5.74, 6) is -0.760. The largest absolute Gasteiger partial charge is 0.481 e. The van der Waals surface area contributed by atoms with Crippen molar-refractivity contribution in [2.45, 2.75) is 40.0 Å². The zero-order valence-electron chi connectivity index (χ0n) is 12.8. The molecule has 3 heteroatoms. The predicted octanol–water partition coefficient (Wildman–Crippen LogP) is 2.95. The molecule has 20 heavy (non-hydrogen) atoms. The highest BCUT2D eigenvalue weighted by Crippen LogP contribution is 2.19. The van der Waals surface area contributed by atoms with Gasteiger partial charge in [-0.25, -0.2) is 0 Å². The first kappa shape index (κ1) is 15.0. The molecule has 0 saturated carbocycles. The van der Waals surface area contributed by atoms with Crippen LogP contribution in [0.2, 0.25) is 0 Å². The highest BCUT2D eigenvalue weighted by atomic mass is 16.4. The van der Waals surface area contributed by atoms with E-state index in [2.05, 4.69) is 37.8 Å². The summed E-state index contributed by atoms with van der Waals surface area (Å²) < 4.78 is 0. The zero-order valence-corrected chi connectivity index (χ0v) is 12.8. The van der Waals surface area contributed by atoms with Crippen LogP contribution in [0.4, 0.5) is 0 Å². The molecule has 110 valence electrons. The maximum Gasteiger partial charge on any atom is 0.306 e. The summed E-state index contributed by atoms with van der Waals surface area (Å²) in [7, 11) is 0. The van der Waals surface area contributed by atoms with Crippen molar-refractivity contribution in [3.63, 3.8) is 0 Å². The Morgan fingerprint density at radius 1 is 1.15 bits per heavy atom. The summed E-state index contributed by atoms with van der Waals surface area (Å²) in [5, 5.41) is 9.01. The standard InChI is InChI=1S/C17H25NO2/c1-12-10-14(3)16(11-13(12)2)6-9-18-7-4-15(5-8-18)17(19)20/h10-11,15H,4-9H2,1-3H3,(H,19,20). The lowest BCUT2D eigenvalue weighted by atomic mass is 9.95. The van der Waals surface area contributed by atoms with Crippen molar-refractivity contribution in [3.05, 3.63) is 34.4 Å². The van der Waals surface area contributed by atoms with Gasteiger partial charge in [-0.15, -0.1) is 0 Å². The molecule has 1 aromatic rings. The van der Waals surface area contributed by atoms with Crippen LogP contribution in [0.25, 0.3) is 0 Å². The first-order valence-electron chi connectivity index (χ1n) is 7.49. The Morgan fingerprint density at radius 3 is 2.35 bits per heavy atom. The van der Waals surface area contributed by atoms with Crippen molar-refractivity contribution >= 4 is 5.97 Å². The molecule has 0 atom stereocenters. The Bertz CT molecular complexity index is 488. The van der Waals surface area contributed by atoms with Crippen molar-refractivity contribution in [1.82, 2.24) is 4.90 Å². The summed E-state index contributed by atoms with van der Waals surface area (Å²) >= 11 is 0. The lowest BCUT2D eigenvalue weighted by molar-refractivity contribution is -0.143. The summed E-state index contributed by atoms with van der Waals surface area (Å²) in [6.07, 6.45) is 2.65. The average Bonchev–Trinajstić information content (AvgIpc) is 2.42. The first-order chi connectivity index (χ1) is 9.47. The third kappa shape index (κ3) is 3.60. The van der Waals surface area contributed by atoms with Gasteiger partial charge in [-0.1, -0.05) is 12.1 Å². The average molecular weight is 275 g/mol. The van der Waals surface area contributed by atoms with E-state index in [1.165, 1.54) is 22.3 Å². The number of benzene rings is 1. The summed E-state index contributed by atoms with van der Waals surface area (Å²) in [5.41, 5.74) is 5.51. The Labute approximate surface area is 121 Å². The molecule has 1 aliphatic heterocycles. The van der Waals surface area contributed by atoms with Crippen molar-refractivity contribution in [2.75, 3.05) is 19.6 Å². The summed E-state index contributed by atoms with van der Waals surface area (Å²) in [4.78, 5) is 13.3. The Kier molecular flexibility index (Phi) is 4.81. The first-order valence-corrected chi connectivity index (χ1v) is 7.49. The van der Waals surface area contributed by atoms with E-state index in [-0.39, 0.29) is 5.92 Å². The van der Waals surface area contributed by atoms with Crippen LogP contribution in [-0.4, -0.2) is 35.6 Å². The molecule has 1 aliphatic rings. The molecule has 0 spiro atoms. The van der Waals surface area contributed by atoms with Gasteiger partial charge in [-0.3, -0.25) is 4.79 Å². The number of carboxylic acid groups (broad SMARTS) is 1. The fraction of sp³-hybridized carbons (Fsp3) is 0.588. The molecular formula is C17H25NO2. The van der Waals surface area contributed by atoms with Crippen LogP contribution in [0.1, 0.15) is 35.1 Å². The molecule has 0 unspecified atom stereocenters. The Hall–Kier alpha value is -1.35. The molecule has 1 aromatic carbocycles. The van der Waals surface area contributed by atoms with Gasteiger partial charge in [0, 0.05) is 6.54 Å². The van der Waals surface area contributed by atoms with Gasteiger partial charge in [0.2, 0.25) is 0 Å². The van der Waals surface area contributed by atoms with Crippen LogP contribution >= 0.6 is 0 Å². The van der Waals surface area contributed by atoms with Crippen LogP contribution < -0.4 is 0 Å². The van der Waals surface area contributed by atoms with E-state index in [1.807, 2.05) is 0 Å². The van der Waals surface area contributed by atoms with Crippen LogP contribution in [0.5, 0.6) is 0 Å². The monoisotopic (exact) mass is 275 g/mol. The smallest absolute Gasteiger partial charge is 0.306 e. The van der Waals surface area contributed by atoms with Gasteiger partial charge in [-0.05, 0) is 75.4 Å². The number of aliphatic carboxylic acids is 1. The molecule has 0 radical (unpaired) electrons. The van der Waals surface area contributed by atoms with E-state index < -0.39 is 5.97 Å². The second kappa shape index (κ2) is 6.40. The van der Waals surface area contributed by atoms with Crippen molar-refractivity contribution < 1.29 is 9.90 Å². The summed E-state index contributed by atoms with van der Waals surface area (Å²) in [6.45, 7) is 9.37. The molecule has 1 fully saturated rings. The van der Waals surface area contributed by atoms with Crippen LogP contribution in [0.3, 0.4) is 0 Å². The fourth-order valence-corrected chi connectivity index (χ4v) is 2.97. The number of aryl methyl sites for hydroxylation is 3. The quantitative estimate of drug-likeness (QED) is 0.918. The van der Waals surface area contributed by atoms with Gasteiger partial charge in [0.15, 0.2) is 0 Å². The third-order valence-corrected chi connectivity index (χ3v) is 4.59. The number of nitrogens with zero attached hydrogens (tertiary/aromatic N) is 1. The number of hydrogen-bond acceptors (Lipinski definition) is 2. The number of hydrogen-bond donors (Lipinski definition) is 1. The number of piperidine rings is 1. The van der Waals surface area contributed by atoms with Crippen molar-refractivity contribution in [2.24, 2.45) is 5.92 Å². The molecule has 1 heterocycles. The maximum absolute atomic E-state index is 10.9. The highest BCUT2D eigenvalue weighted by molar-refractivity contribution is 5.70. The van der Waals surface area contributed by atoms with Crippen LogP contribution in [0.15, 0.2) is 12.1 Å². The minimum Gasteiger partial charge on any atom is -0.481 e. The fourth-order valence-electron chi connectivity index (χ4n) is 2.97. The molecule has 1 N–H and O–H groups in total.